The van der Waals surface area contributed by atoms with Crippen molar-refractivity contribution in [3.63, 3.8) is 0 Å². The molecule has 0 radical (unpaired) electrons. The Kier molecular flexibility index (Phi) is 8.55. The first kappa shape index (κ1) is 28.6. The highest BCUT2D eigenvalue weighted by Gasteiger charge is 2.27. The van der Waals surface area contributed by atoms with Crippen molar-refractivity contribution in [1.82, 2.24) is 24.3 Å². The van der Waals surface area contributed by atoms with Crippen LogP contribution in [-0.4, -0.2) is 67.7 Å². The Morgan fingerprint density at radius 1 is 1.12 bits per heavy atom. The van der Waals surface area contributed by atoms with Gasteiger partial charge in [0.05, 0.1) is 33.7 Å². The Morgan fingerprint density at radius 2 is 1.83 bits per heavy atom. The summed E-state index contributed by atoms with van der Waals surface area (Å²) in [5, 5.41) is 5.19. The van der Waals surface area contributed by atoms with Crippen molar-refractivity contribution < 1.29 is 14.4 Å². The van der Waals surface area contributed by atoms with Gasteiger partial charge in [-0.25, -0.2) is 9.78 Å². The highest BCUT2D eigenvalue weighted by molar-refractivity contribution is 7.13. The number of para-hydroxylation sites is 2. The molecule has 12 heteroatoms. The molecule has 0 atom stereocenters. The first-order valence-corrected chi connectivity index (χ1v) is 14.7. The summed E-state index contributed by atoms with van der Waals surface area (Å²) in [6.07, 6.45) is 1.49. The third-order valence-electron chi connectivity index (χ3n) is 7.24. The number of rotatable bonds is 8. The number of thiazole rings is 1. The number of benzene rings is 2. The smallest absolute Gasteiger partial charge is 0.326 e. The summed E-state index contributed by atoms with van der Waals surface area (Å²) in [5.41, 5.74) is 2.47. The van der Waals surface area contributed by atoms with E-state index in [0.717, 1.165) is 11.0 Å². The molecule has 3 heterocycles. The van der Waals surface area contributed by atoms with Crippen molar-refractivity contribution in [2.24, 2.45) is 0 Å². The van der Waals surface area contributed by atoms with Crippen molar-refractivity contribution in [3.8, 4) is 0 Å². The number of H-pyrrole nitrogens is 1. The standard InChI is InChI=1S/C29H31ClN6O4S/c1-18(2)35(27(39)21-7-3-4-8-22(21)30)16-25(37)33-28-31-19(17-41-28)15-26(38)34-13-11-20(12-14-34)36-24-10-6-5-9-23(24)32-29(36)40/h3-10,17-18,20H,11-16H2,1-2H3,(H,32,40)(H,31,33,37). The normalized spacial score (nSPS) is 14.0. The molecule has 3 amide bonds. The average Bonchev–Trinajstić information content (AvgIpc) is 3.53. The molecule has 0 saturated carbocycles. The second-order valence-electron chi connectivity index (χ2n) is 10.3. The van der Waals surface area contributed by atoms with Gasteiger partial charge in [-0.1, -0.05) is 35.9 Å². The number of nitrogens with zero attached hydrogens (tertiary/aromatic N) is 4. The van der Waals surface area contributed by atoms with Gasteiger partial charge < -0.3 is 20.1 Å². The van der Waals surface area contributed by atoms with E-state index in [4.69, 9.17) is 11.6 Å². The topological polar surface area (TPSA) is 120 Å². The maximum atomic E-state index is 13.0. The monoisotopic (exact) mass is 594 g/mol. The number of nitrogens with one attached hydrogen (secondary N) is 2. The molecule has 1 saturated heterocycles. The summed E-state index contributed by atoms with van der Waals surface area (Å²) in [7, 11) is 0. The molecule has 0 aliphatic carbocycles. The molecule has 2 N–H and O–H groups in total. The largest absolute Gasteiger partial charge is 0.342 e. The Morgan fingerprint density at radius 3 is 2.56 bits per heavy atom. The number of halogens is 1. The van der Waals surface area contributed by atoms with Gasteiger partial charge >= 0.3 is 5.69 Å². The lowest BCUT2D eigenvalue weighted by molar-refractivity contribution is -0.131. The van der Waals surface area contributed by atoms with Gasteiger partial charge in [-0.05, 0) is 51.0 Å². The summed E-state index contributed by atoms with van der Waals surface area (Å²) >= 11 is 7.42. The lowest BCUT2D eigenvalue weighted by Gasteiger charge is -2.32. The molecule has 2 aromatic heterocycles. The summed E-state index contributed by atoms with van der Waals surface area (Å²) < 4.78 is 1.80. The van der Waals surface area contributed by atoms with Crippen molar-refractivity contribution in [1.29, 1.82) is 0 Å². The zero-order valence-electron chi connectivity index (χ0n) is 22.8. The number of anilines is 1. The third-order valence-corrected chi connectivity index (χ3v) is 8.38. The molecule has 2 aromatic carbocycles. The molecule has 41 heavy (non-hydrogen) atoms. The number of hydrogen-bond donors (Lipinski definition) is 2. The van der Waals surface area contributed by atoms with Crippen LogP contribution in [0.5, 0.6) is 0 Å². The molecule has 0 bridgehead atoms. The van der Waals surface area contributed by atoms with Crippen molar-refractivity contribution >= 4 is 56.8 Å². The highest BCUT2D eigenvalue weighted by atomic mass is 35.5. The quantitative estimate of drug-likeness (QED) is 0.314. The fraction of sp³-hybridized carbons (Fsp3) is 0.345. The van der Waals surface area contributed by atoms with Crippen LogP contribution in [-0.2, 0) is 16.0 Å². The lowest BCUT2D eigenvalue weighted by atomic mass is 10.0. The molecule has 214 valence electrons. The molecule has 10 nitrogen and oxygen atoms in total. The van der Waals surface area contributed by atoms with Crippen LogP contribution < -0.4 is 11.0 Å². The predicted molar refractivity (Wildman–Crippen MR) is 159 cm³/mol. The zero-order valence-corrected chi connectivity index (χ0v) is 24.4. The number of piperidine rings is 1. The molecule has 0 unspecified atom stereocenters. The van der Waals surface area contributed by atoms with Crippen molar-refractivity contribution in [3.05, 3.63) is 80.7 Å². The molecule has 5 rings (SSSR count). The summed E-state index contributed by atoms with van der Waals surface area (Å²) in [6, 6.07) is 14.2. The number of aromatic amines is 1. The second-order valence-corrected chi connectivity index (χ2v) is 11.6. The number of likely N-dealkylation sites (tertiary alicyclic amines) is 1. The number of amides is 3. The Balaban J connectivity index is 1.14. The Labute approximate surface area is 245 Å². The van der Waals surface area contributed by atoms with Crippen LogP contribution in [0, 0.1) is 0 Å². The molecule has 1 fully saturated rings. The van der Waals surface area contributed by atoms with E-state index in [9.17, 15) is 19.2 Å². The van der Waals surface area contributed by atoms with E-state index in [0.29, 0.717) is 47.3 Å². The van der Waals surface area contributed by atoms with Crippen LogP contribution in [0.2, 0.25) is 5.02 Å². The maximum absolute atomic E-state index is 13.0. The number of imidazole rings is 1. The number of aromatic nitrogens is 3. The fourth-order valence-corrected chi connectivity index (χ4v) is 6.06. The third kappa shape index (κ3) is 6.36. The molecule has 0 spiro atoms. The average molecular weight is 595 g/mol. The first-order chi connectivity index (χ1) is 19.7. The highest BCUT2D eigenvalue weighted by Crippen LogP contribution is 2.26. The SMILES string of the molecule is CC(C)N(CC(=O)Nc1nc(CC(=O)N2CCC(n3c(=O)[nH]c4ccccc43)CC2)cs1)C(=O)c1ccccc1Cl. The number of carbonyl (C=O) groups excluding carboxylic acids is 3. The minimum atomic E-state index is -0.388. The van der Waals surface area contributed by atoms with Crippen LogP contribution in [0.3, 0.4) is 0 Å². The number of fused-ring (bicyclic) bond motifs is 1. The second kappa shape index (κ2) is 12.3. The minimum absolute atomic E-state index is 0.0268. The summed E-state index contributed by atoms with van der Waals surface area (Å²) in [6.45, 7) is 4.60. The van der Waals surface area contributed by atoms with Gasteiger partial charge in [0.1, 0.15) is 6.54 Å². The van der Waals surface area contributed by atoms with Crippen molar-refractivity contribution in [2.75, 3.05) is 25.0 Å². The van der Waals surface area contributed by atoms with E-state index in [-0.39, 0.29) is 48.5 Å². The van der Waals surface area contributed by atoms with E-state index in [1.165, 1.54) is 16.2 Å². The lowest BCUT2D eigenvalue weighted by Crippen LogP contribution is -2.42. The van der Waals surface area contributed by atoms with E-state index in [2.05, 4.69) is 15.3 Å². The number of carbonyl (C=O) groups is 3. The van der Waals surface area contributed by atoms with E-state index in [1.807, 2.05) is 38.1 Å². The van der Waals surface area contributed by atoms with Gasteiger partial charge in [-0.2, -0.15) is 0 Å². The molecular weight excluding hydrogens is 564 g/mol. The van der Waals surface area contributed by atoms with Crippen LogP contribution in [0.4, 0.5) is 5.13 Å². The summed E-state index contributed by atoms with van der Waals surface area (Å²) in [5.74, 6) is -0.764. The minimum Gasteiger partial charge on any atom is -0.342 e. The van der Waals surface area contributed by atoms with Gasteiger partial charge in [0.2, 0.25) is 11.8 Å². The van der Waals surface area contributed by atoms with Crippen molar-refractivity contribution in [2.45, 2.75) is 45.2 Å². The first-order valence-electron chi connectivity index (χ1n) is 13.5. The molecule has 1 aliphatic rings. The summed E-state index contributed by atoms with van der Waals surface area (Å²) in [4.78, 5) is 61.9. The van der Waals surface area contributed by atoms with Gasteiger partial charge in [-0.3, -0.25) is 19.0 Å². The van der Waals surface area contributed by atoms with Crippen LogP contribution in [0.15, 0.2) is 58.7 Å². The van der Waals surface area contributed by atoms with Gasteiger partial charge in [0.15, 0.2) is 5.13 Å². The molecule has 4 aromatic rings. The van der Waals surface area contributed by atoms with Gasteiger partial charge in [0.25, 0.3) is 5.91 Å². The Bertz CT molecular complexity index is 1640. The maximum Gasteiger partial charge on any atom is 0.326 e. The van der Waals surface area contributed by atoms with Crippen LogP contribution in [0.1, 0.15) is 48.8 Å². The van der Waals surface area contributed by atoms with Gasteiger partial charge in [-0.15, -0.1) is 11.3 Å². The van der Waals surface area contributed by atoms with E-state index < -0.39 is 0 Å². The molecular formula is C29H31ClN6O4S. The Hall–Kier alpha value is -3.96. The molecule has 1 aliphatic heterocycles. The number of hydrogen-bond acceptors (Lipinski definition) is 6. The van der Waals surface area contributed by atoms with Gasteiger partial charge in [0, 0.05) is 30.6 Å². The van der Waals surface area contributed by atoms with Crippen LogP contribution >= 0.6 is 22.9 Å². The fourth-order valence-electron chi connectivity index (χ4n) is 5.11. The van der Waals surface area contributed by atoms with E-state index >= 15 is 0 Å². The van der Waals surface area contributed by atoms with E-state index in [1.54, 1.807) is 39.1 Å². The van der Waals surface area contributed by atoms with Crippen LogP contribution in [0.25, 0.3) is 11.0 Å². The predicted octanol–water partition coefficient (Wildman–Crippen LogP) is 4.34. The zero-order chi connectivity index (χ0) is 29.1.